The Morgan fingerprint density at radius 3 is 2.58 bits per heavy atom. The van der Waals surface area contributed by atoms with Crippen LogP contribution in [0.4, 0.5) is 4.39 Å². The number of hydrogen-bond acceptors (Lipinski definition) is 1. The van der Waals surface area contributed by atoms with Crippen LogP contribution in [0.2, 0.25) is 0 Å². The molecule has 0 heterocycles. The zero-order valence-electron chi connectivity index (χ0n) is 6.55. The summed E-state index contributed by atoms with van der Waals surface area (Å²) in [5.74, 6) is 0. The molecule has 0 amide bonds. The summed E-state index contributed by atoms with van der Waals surface area (Å²) in [4.78, 5) is 10.4. The number of rotatable bonds is 2. The molecule has 0 aliphatic heterocycles. The van der Waals surface area contributed by atoms with Gasteiger partial charge in [-0.25, -0.2) is 4.39 Å². The van der Waals surface area contributed by atoms with Crippen LogP contribution in [0.15, 0.2) is 28.7 Å². The van der Waals surface area contributed by atoms with Gasteiger partial charge < -0.3 is 0 Å². The van der Waals surface area contributed by atoms with Gasteiger partial charge in [0, 0.05) is 10.0 Å². The molecule has 0 saturated carbocycles. The van der Waals surface area contributed by atoms with Crippen molar-refractivity contribution in [3.8, 4) is 0 Å². The molecule has 64 valence electrons. The average Bonchev–Trinajstić information content (AvgIpc) is 2.05. The van der Waals surface area contributed by atoms with E-state index < -0.39 is 5.67 Å². The van der Waals surface area contributed by atoms with Crippen molar-refractivity contribution in [3.05, 3.63) is 34.3 Å². The Bertz CT molecular complexity index is 296. The Morgan fingerprint density at radius 2 is 2.08 bits per heavy atom. The van der Waals surface area contributed by atoms with Gasteiger partial charge >= 0.3 is 0 Å². The first-order valence-electron chi connectivity index (χ1n) is 3.48. The van der Waals surface area contributed by atoms with Crippen molar-refractivity contribution in [2.75, 3.05) is 0 Å². The third-order valence-electron chi connectivity index (χ3n) is 1.62. The van der Waals surface area contributed by atoms with Gasteiger partial charge in [0.25, 0.3) is 0 Å². The van der Waals surface area contributed by atoms with Crippen LogP contribution in [-0.2, 0) is 10.5 Å². The summed E-state index contributed by atoms with van der Waals surface area (Å²) in [6, 6.07) is 6.75. The number of alkyl halides is 1. The number of benzene rings is 1. The lowest BCUT2D eigenvalue weighted by Crippen LogP contribution is -2.17. The van der Waals surface area contributed by atoms with Crippen molar-refractivity contribution in [3.63, 3.8) is 0 Å². The highest BCUT2D eigenvalue weighted by Crippen LogP contribution is 2.29. The molecular formula is C9H8BrFO. The van der Waals surface area contributed by atoms with Crippen LogP contribution in [0.25, 0.3) is 0 Å². The minimum atomic E-state index is -1.90. The van der Waals surface area contributed by atoms with E-state index in [2.05, 4.69) is 15.9 Å². The molecule has 1 rings (SSSR count). The van der Waals surface area contributed by atoms with E-state index >= 15 is 0 Å². The minimum Gasteiger partial charge on any atom is -0.299 e. The SMILES string of the molecule is CC(F)(C=O)c1ccccc1Br. The van der Waals surface area contributed by atoms with Crippen LogP contribution in [0.1, 0.15) is 12.5 Å². The maximum absolute atomic E-state index is 13.4. The van der Waals surface area contributed by atoms with Crippen molar-refractivity contribution in [2.45, 2.75) is 12.6 Å². The van der Waals surface area contributed by atoms with E-state index in [1.807, 2.05) is 0 Å². The van der Waals surface area contributed by atoms with Crippen molar-refractivity contribution < 1.29 is 9.18 Å². The Morgan fingerprint density at radius 1 is 1.50 bits per heavy atom. The molecule has 0 spiro atoms. The highest BCUT2D eigenvalue weighted by Gasteiger charge is 2.26. The maximum atomic E-state index is 13.4. The second-order valence-corrected chi connectivity index (χ2v) is 3.53. The smallest absolute Gasteiger partial charge is 0.189 e. The molecule has 0 radical (unpaired) electrons. The van der Waals surface area contributed by atoms with Crippen LogP contribution in [0, 0.1) is 0 Å². The Hall–Kier alpha value is -0.700. The second-order valence-electron chi connectivity index (χ2n) is 2.67. The van der Waals surface area contributed by atoms with Gasteiger partial charge in [0.05, 0.1) is 0 Å². The van der Waals surface area contributed by atoms with Gasteiger partial charge in [-0.1, -0.05) is 34.1 Å². The van der Waals surface area contributed by atoms with E-state index in [0.29, 0.717) is 16.3 Å². The summed E-state index contributed by atoms with van der Waals surface area (Å²) in [5, 5.41) is 0. The normalized spacial score (nSPS) is 15.2. The van der Waals surface area contributed by atoms with E-state index in [0.717, 1.165) is 0 Å². The minimum absolute atomic E-state index is 0.299. The first-order chi connectivity index (χ1) is 5.58. The van der Waals surface area contributed by atoms with E-state index in [-0.39, 0.29) is 0 Å². The van der Waals surface area contributed by atoms with Gasteiger partial charge in [-0.3, -0.25) is 4.79 Å². The Labute approximate surface area is 78.7 Å². The van der Waals surface area contributed by atoms with Crippen LogP contribution in [-0.4, -0.2) is 6.29 Å². The summed E-state index contributed by atoms with van der Waals surface area (Å²) < 4.78 is 14.0. The van der Waals surface area contributed by atoms with Crippen LogP contribution in [0.5, 0.6) is 0 Å². The summed E-state index contributed by atoms with van der Waals surface area (Å²) in [6.07, 6.45) is 0.299. The second kappa shape index (κ2) is 3.35. The van der Waals surface area contributed by atoms with Gasteiger partial charge in [-0.2, -0.15) is 0 Å². The summed E-state index contributed by atoms with van der Waals surface area (Å²) in [5.41, 5.74) is -1.54. The van der Waals surface area contributed by atoms with Crippen molar-refractivity contribution in [2.24, 2.45) is 0 Å². The molecule has 0 aliphatic carbocycles. The number of carbonyl (C=O) groups excluding carboxylic acids is 1. The summed E-state index contributed by atoms with van der Waals surface area (Å²) in [6.45, 7) is 1.24. The van der Waals surface area contributed by atoms with Crippen LogP contribution < -0.4 is 0 Å². The van der Waals surface area contributed by atoms with Gasteiger partial charge in [-0.15, -0.1) is 0 Å². The van der Waals surface area contributed by atoms with Crippen molar-refractivity contribution in [1.82, 2.24) is 0 Å². The quantitative estimate of drug-likeness (QED) is 0.715. The molecule has 0 bridgehead atoms. The number of halogens is 2. The summed E-state index contributed by atoms with van der Waals surface area (Å²) >= 11 is 3.17. The lowest BCUT2D eigenvalue weighted by molar-refractivity contribution is -0.117. The molecule has 1 atom stereocenters. The molecule has 0 N–H and O–H groups in total. The fourth-order valence-electron chi connectivity index (χ4n) is 0.921. The standard InChI is InChI=1S/C9H8BrFO/c1-9(11,6-12)7-4-2-3-5-8(7)10/h2-6H,1H3. The molecule has 1 unspecified atom stereocenters. The summed E-state index contributed by atoms with van der Waals surface area (Å²) in [7, 11) is 0. The molecule has 1 aromatic carbocycles. The molecule has 3 heteroatoms. The monoisotopic (exact) mass is 230 g/mol. The third-order valence-corrected chi connectivity index (χ3v) is 2.31. The van der Waals surface area contributed by atoms with Crippen LogP contribution >= 0.6 is 15.9 Å². The topological polar surface area (TPSA) is 17.1 Å². The molecule has 0 aliphatic rings. The van der Waals surface area contributed by atoms with Gasteiger partial charge in [0.1, 0.15) is 0 Å². The zero-order valence-corrected chi connectivity index (χ0v) is 8.14. The first-order valence-corrected chi connectivity index (χ1v) is 4.27. The van der Waals surface area contributed by atoms with Crippen molar-refractivity contribution >= 4 is 22.2 Å². The molecule has 12 heavy (non-hydrogen) atoms. The van der Waals surface area contributed by atoms with E-state index in [9.17, 15) is 9.18 Å². The lowest BCUT2D eigenvalue weighted by atomic mass is 10.0. The number of hydrogen-bond donors (Lipinski definition) is 0. The first kappa shape index (κ1) is 9.39. The van der Waals surface area contributed by atoms with E-state index in [1.165, 1.54) is 6.92 Å². The molecular weight excluding hydrogens is 223 g/mol. The highest BCUT2D eigenvalue weighted by atomic mass is 79.9. The number of carbonyl (C=O) groups is 1. The van der Waals surface area contributed by atoms with Gasteiger partial charge in [-0.05, 0) is 13.0 Å². The molecule has 1 nitrogen and oxygen atoms in total. The van der Waals surface area contributed by atoms with Crippen LogP contribution in [0.3, 0.4) is 0 Å². The van der Waals surface area contributed by atoms with Crippen molar-refractivity contribution in [1.29, 1.82) is 0 Å². The third kappa shape index (κ3) is 1.72. The van der Waals surface area contributed by atoms with E-state index in [4.69, 9.17) is 0 Å². The molecule has 1 aromatic rings. The van der Waals surface area contributed by atoms with E-state index in [1.54, 1.807) is 24.3 Å². The molecule has 0 fully saturated rings. The average molecular weight is 231 g/mol. The lowest BCUT2D eigenvalue weighted by Gasteiger charge is -2.14. The fraction of sp³-hybridized carbons (Fsp3) is 0.222. The van der Waals surface area contributed by atoms with Gasteiger partial charge in [0.15, 0.2) is 12.0 Å². The van der Waals surface area contributed by atoms with Gasteiger partial charge in [0.2, 0.25) is 0 Å². The molecule has 0 saturated heterocycles. The predicted octanol–water partition coefficient (Wildman–Crippen LogP) is 2.83. The zero-order chi connectivity index (χ0) is 9.19. The predicted molar refractivity (Wildman–Crippen MR) is 48.7 cm³/mol. The maximum Gasteiger partial charge on any atom is 0.189 e. The highest BCUT2D eigenvalue weighted by molar-refractivity contribution is 9.10. The fourth-order valence-corrected chi connectivity index (χ4v) is 1.59. The Kier molecular flexibility index (Phi) is 2.62. The number of aldehydes is 1. The molecule has 0 aromatic heterocycles. The Balaban J connectivity index is 3.19. The largest absolute Gasteiger partial charge is 0.299 e.